The molecule has 0 bridgehead atoms. The highest BCUT2D eigenvalue weighted by atomic mass is 32.2. The lowest BCUT2D eigenvalue weighted by atomic mass is 10.2. The standard InChI is InChI=1S/C17H21N3O6S2/c1-11-16(12(2)20(18-11)15-7-8-27(22,23)10-15)28(24,25)19-14-6-4-5-13(9-14)17(21)26-3/h4-6,9,15,19H,7-8,10H2,1-3H3/t15-/m1/s1. The molecule has 0 aliphatic carbocycles. The first-order valence-corrected chi connectivity index (χ1v) is 11.8. The predicted molar refractivity (Wildman–Crippen MR) is 103 cm³/mol. The van der Waals surface area contributed by atoms with Gasteiger partial charge < -0.3 is 4.74 Å². The van der Waals surface area contributed by atoms with Crippen LogP contribution in [0.2, 0.25) is 0 Å². The Morgan fingerprint density at radius 3 is 2.64 bits per heavy atom. The summed E-state index contributed by atoms with van der Waals surface area (Å²) in [6.45, 7) is 3.16. The van der Waals surface area contributed by atoms with E-state index in [1.54, 1.807) is 13.8 Å². The Kier molecular flexibility index (Phi) is 5.24. The summed E-state index contributed by atoms with van der Waals surface area (Å²) in [7, 11) is -5.89. The molecule has 0 unspecified atom stereocenters. The third-order valence-corrected chi connectivity index (χ3v) is 8.00. The third kappa shape index (κ3) is 3.90. The zero-order valence-electron chi connectivity index (χ0n) is 15.7. The van der Waals surface area contributed by atoms with Crippen molar-refractivity contribution in [2.45, 2.75) is 31.2 Å². The van der Waals surface area contributed by atoms with Gasteiger partial charge in [-0.25, -0.2) is 21.6 Å². The monoisotopic (exact) mass is 427 g/mol. The van der Waals surface area contributed by atoms with Gasteiger partial charge in [-0.05, 0) is 38.5 Å². The number of anilines is 1. The fourth-order valence-electron chi connectivity index (χ4n) is 3.39. The van der Waals surface area contributed by atoms with Crippen LogP contribution >= 0.6 is 0 Å². The summed E-state index contributed by atoms with van der Waals surface area (Å²) < 4.78 is 58.0. The predicted octanol–water partition coefficient (Wildman–Crippen LogP) is 1.45. The van der Waals surface area contributed by atoms with Crippen molar-refractivity contribution < 1.29 is 26.4 Å². The van der Waals surface area contributed by atoms with Crippen molar-refractivity contribution in [3.05, 3.63) is 41.2 Å². The molecule has 152 valence electrons. The molecule has 2 heterocycles. The van der Waals surface area contributed by atoms with Crippen molar-refractivity contribution >= 4 is 31.5 Å². The summed E-state index contributed by atoms with van der Waals surface area (Å²) in [4.78, 5) is 11.7. The van der Waals surface area contributed by atoms with Crippen LogP contribution in [0.3, 0.4) is 0 Å². The van der Waals surface area contributed by atoms with Gasteiger partial charge in [0.15, 0.2) is 9.84 Å². The highest BCUT2D eigenvalue weighted by Crippen LogP contribution is 2.29. The SMILES string of the molecule is COC(=O)c1cccc(NS(=O)(=O)c2c(C)nn([C@@H]3CCS(=O)(=O)C3)c2C)c1. The van der Waals surface area contributed by atoms with Crippen LogP contribution in [0, 0.1) is 13.8 Å². The fraction of sp³-hybridized carbons (Fsp3) is 0.412. The van der Waals surface area contributed by atoms with Gasteiger partial charge in [-0.2, -0.15) is 5.10 Å². The summed E-state index contributed by atoms with van der Waals surface area (Å²) in [6.07, 6.45) is 0.401. The molecule has 1 aliphatic heterocycles. The molecule has 0 spiro atoms. The molecular formula is C17H21N3O6S2. The van der Waals surface area contributed by atoms with Crippen molar-refractivity contribution in [2.75, 3.05) is 23.3 Å². The number of aromatic nitrogens is 2. The molecular weight excluding hydrogens is 406 g/mol. The van der Waals surface area contributed by atoms with E-state index in [0.717, 1.165) is 0 Å². The van der Waals surface area contributed by atoms with Crippen LogP contribution < -0.4 is 4.72 Å². The van der Waals surface area contributed by atoms with E-state index < -0.39 is 25.8 Å². The largest absolute Gasteiger partial charge is 0.465 e. The van der Waals surface area contributed by atoms with Crippen LogP contribution in [0.25, 0.3) is 0 Å². The molecule has 0 saturated carbocycles. The first-order valence-electron chi connectivity index (χ1n) is 8.51. The summed E-state index contributed by atoms with van der Waals surface area (Å²) in [6, 6.07) is 5.57. The van der Waals surface area contributed by atoms with Gasteiger partial charge in [-0.3, -0.25) is 9.40 Å². The number of aryl methyl sites for hydroxylation is 1. The summed E-state index contributed by atoms with van der Waals surface area (Å²) in [5.41, 5.74) is 1.07. The molecule has 1 aliphatic rings. The van der Waals surface area contributed by atoms with Crippen LogP contribution in [0.1, 0.15) is 34.2 Å². The normalized spacial score (nSPS) is 18.8. The molecule has 1 fully saturated rings. The lowest BCUT2D eigenvalue weighted by Gasteiger charge is -2.12. The number of nitrogens with one attached hydrogen (secondary N) is 1. The fourth-order valence-corrected chi connectivity index (χ4v) is 6.54. The molecule has 1 atom stereocenters. The zero-order chi connectivity index (χ0) is 20.7. The highest BCUT2D eigenvalue weighted by Gasteiger charge is 2.33. The van der Waals surface area contributed by atoms with Crippen molar-refractivity contribution in [2.24, 2.45) is 0 Å². The van der Waals surface area contributed by atoms with E-state index in [9.17, 15) is 21.6 Å². The molecule has 3 rings (SSSR count). The Morgan fingerprint density at radius 2 is 2.04 bits per heavy atom. The summed E-state index contributed by atoms with van der Waals surface area (Å²) in [5, 5.41) is 4.28. The number of hydrogen-bond donors (Lipinski definition) is 1. The van der Waals surface area contributed by atoms with E-state index in [2.05, 4.69) is 14.6 Å². The molecule has 1 aromatic heterocycles. The Labute approximate surface area is 163 Å². The Bertz CT molecular complexity index is 1140. The second-order valence-electron chi connectivity index (χ2n) is 6.68. The molecule has 2 aromatic rings. The maximum atomic E-state index is 13.0. The highest BCUT2D eigenvalue weighted by molar-refractivity contribution is 7.92. The maximum absolute atomic E-state index is 13.0. The Balaban J connectivity index is 1.94. The van der Waals surface area contributed by atoms with Gasteiger partial charge in [0.1, 0.15) is 4.90 Å². The van der Waals surface area contributed by atoms with Gasteiger partial charge in [-0.1, -0.05) is 6.07 Å². The Hall–Kier alpha value is -2.40. The maximum Gasteiger partial charge on any atom is 0.337 e. The zero-order valence-corrected chi connectivity index (χ0v) is 17.3. The number of ether oxygens (including phenoxy) is 1. The first-order chi connectivity index (χ1) is 13.0. The van der Waals surface area contributed by atoms with E-state index in [1.165, 1.54) is 36.1 Å². The molecule has 9 nitrogen and oxygen atoms in total. The van der Waals surface area contributed by atoms with Crippen LogP contribution in [-0.4, -0.2) is 51.2 Å². The molecule has 0 radical (unpaired) electrons. The van der Waals surface area contributed by atoms with Gasteiger partial charge in [0.25, 0.3) is 10.0 Å². The van der Waals surface area contributed by atoms with Gasteiger partial charge >= 0.3 is 5.97 Å². The third-order valence-electron chi connectivity index (χ3n) is 4.62. The van der Waals surface area contributed by atoms with E-state index in [4.69, 9.17) is 0 Å². The number of benzene rings is 1. The molecule has 11 heteroatoms. The van der Waals surface area contributed by atoms with Crippen molar-refractivity contribution in [1.82, 2.24) is 9.78 Å². The molecule has 1 saturated heterocycles. The van der Waals surface area contributed by atoms with E-state index >= 15 is 0 Å². The number of sulfonamides is 1. The number of esters is 1. The van der Waals surface area contributed by atoms with Gasteiger partial charge in [-0.15, -0.1) is 0 Å². The lowest BCUT2D eigenvalue weighted by molar-refractivity contribution is 0.0600. The minimum absolute atomic E-state index is 0.000249. The number of methoxy groups -OCH3 is 1. The Morgan fingerprint density at radius 1 is 1.32 bits per heavy atom. The summed E-state index contributed by atoms with van der Waals surface area (Å²) in [5.74, 6) is -0.566. The number of rotatable bonds is 5. The van der Waals surface area contributed by atoms with E-state index in [0.29, 0.717) is 12.1 Å². The molecule has 1 aromatic carbocycles. The number of hydrogen-bond acceptors (Lipinski definition) is 7. The number of nitrogens with zero attached hydrogens (tertiary/aromatic N) is 2. The average Bonchev–Trinajstić information content (AvgIpc) is 3.12. The summed E-state index contributed by atoms with van der Waals surface area (Å²) >= 11 is 0. The quantitative estimate of drug-likeness (QED) is 0.716. The van der Waals surface area contributed by atoms with Crippen molar-refractivity contribution in [3.63, 3.8) is 0 Å². The van der Waals surface area contributed by atoms with Gasteiger partial charge in [0.2, 0.25) is 0 Å². The number of carbonyl (C=O) groups excluding carboxylic acids is 1. The smallest absolute Gasteiger partial charge is 0.337 e. The number of carbonyl (C=O) groups is 1. The average molecular weight is 428 g/mol. The van der Waals surface area contributed by atoms with Crippen LogP contribution in [0.4, 0.5) is 5.69 Å². The van der Waals surface area contributed by atoms with Crippen LogP contribution in [-0.2, 0) is 24.6 Å². The van der Waals surface area contributed by atoms with E-state index in [1.807, 2.05) is 0 Å². The molecule has 0 amide bonds. The van der Waals surface area contributed by atoms with Gasteiger partial charge in [0, 0.05) is 5.69 Å². The van der Waals surface area contributed by atoms with Crippen LogP contribution in [0.15, 0.2) is 29.2 Å². The minimum atomic E-state index is -4.00. The second-order valence-corrected chi connectivity index (χ2v) is 10.5. The van der Waals surface area contributed by atoms with Crippen molar-refractivity contribution in [1.29, 1.82) is 0 Å². The van der Waals surface area contributed by atoms with Gasteiger partial charge in [0.05, 0.1) is 41.6 Å². The topological polar surface area (TPSA) is 124 Å². The minimum Gasteiger partial charge on any atom is -0.465 e. The lowest BCUT2D eigenvalue weighted by Crippen LogP contribution is -2.17. The van der Waals surface area contributed by atoms with Crippen molar-refractivity contribution in [3.8, 4) is 0 Å². The van der Waals surface area contributed by atoms with E-state index in [-0.39, 0.29) is 39.4 Å². The second kappa shape index (κ2) is 7.21. The molecule has 28 heavy (non-hydrogen) atoms. The molecule has 1 N–H and O–H groups in total. The van der Waals surface area contributed by atoms with Crippen LogP contribution in [0.5, 0.6) is 0 Å². The number of sulfone groups is 1. The first kappa shape index (κ1) is 20.3.